The molecule has 134 valence electrons. The maximum Gasteiger partial charge on any atom is 0.336 e. The standard InChI is InChI=1S/C18H14Cl2N2O4/c1-26-16(23)10-15-17(24)22(14-8-4-12(20)5-9-14)18(25)21(15)13-6-2-11(19)3-7-13/h2-9,15H,10H2,1H3. The molecule has 3 rings (SSSR count). The van der Waals surface area contributed by atoms with Crippen molar-refractivity contribution in [1.82, 2.24) is 0 Å². The van der Waals surface area contributed by atoms with Crippen LogP contribution in [0.25, 0.3) is 0 Å². The van der Waals surface area contributed by atoms with E-state index in [9.17, 15) is 14.4 Å². The fourth-order valence-corrected chi connectivity index (χ4v) is 2.99. The van der Waals surface area contributed by atoms with Crippen LogP contribution in [-0.4, -0.2) is 31.1 Å². The number of benzene rings is 2. The molecule has 0 bridgehead atoms. The third-order valence-corrected chi connectivity index (χ3v) is 4.50. The Hall–Kier alpha value is -2.57. The van der Waals surface area contributed by atoms with Crippen LogP contribution >= 0.6 is 23.2 Å². The fraction of sp³-hybridized carbons (Fsp3) is 0.167. The smallest absolute Gasteiger partial charge is 0.336 e. The molecule has 6 nitrogen and oxygen atoms in total. The van der Waals surface area contributed by atoms with Crippen LogP contribution in [0, 0.1) is 0 Å². The van der Waals surface area contributed by atoms with Gasteiger partial charge in [-0.25, -0.2) is 9.69 Å². The number of nitrogens with zero attached hydrogens (tertiary/aromatic N) is 2. The van der Waals surface area contributed by atoms with Gasteiger partial charge in [0.1, 0.15) is 6.04 Å². The summed E-state index contributed by atoms with van der Waals surface area (Å²) in [6.45, 7) is 0. The molecule has 1 atom stereocenters. The van der Waals surface area contributed by atoms with Crippen molar-refractivity contribution in [3.8, 4) is 0 Å². The van der Waals surface area contributed by atoms with Crippen LogP contribution in [-0.2, 0) is 14.3 Å². The molecule has 0 saturated carbocycles. The zero-order chi connectivity index (χ0) is 18.8. The summed E-state index contributed by atoms with van der Waals surface area (Å²) < 4.78 is 4.67. The first kappa shape index (κ1) is 18.2. The van der Waals surface area contributed by atoms with Gasteiger partial charge in [-0.2, -0.15) is 0 Å². The molecule has 26 heavy (non-hydrogen) atoms. The molecule has 1 aliphatic rings. The molecule has 1 heterocycles. The van der Waals surface area contributed by atoms with Crippen LogP contribution in [0.2, 0.25) is 10.0 Å². The van der Waals surface area contributed by atoms with Gasteiger partial charge in [-0.15, -0.1) is 0 Å². The summed E-state index contributed by atoms with van der Waals surface area (Å²) in [5.41, 5.74) is 0.828. The van der Waals surface area contributed by atoms with Gasteiger partial charge >= 0.3 is 12.0 Å². The van der Waals surface area contributed by atoms with Gasteiger partial charge < -0.3 is 4.74 Å². The van der Waals surface area contributed by atoms with Crippen molar-refractivity contribution < 1.29 is 19.1 Å². The van der Waals surface area contributed by atoms with E-state index in [0.29, 0.717) is 21.4 Å². The Morgan fingerprint density at radius 1 is 0.962 bits per heavy atom. The summed E-state index contributed by atoms with van der Waals surface area (Å²) in [5, 5.41) is 0.972. The average molecular weight is 393 g/mol. The minimum Gasteiger partial charge on any atom is -0.469 e. The highest BCUT2D eigenvalue weighted by Crippen LogP contribution is 2.32. The van der Waals surface area contributed by atoms with Gasteiger partial charge in [0.2, 0.25) is 0 Å². The minimum atomic E-state index is -1.01. The van der Waals surface area contributed by atoms with E-state index in [1.54, 1.807) is 48.5 Å². The largest absolute Gasteiger partial charge is 0.469 e. The number of anilines is 2. The molecule has 0 radical (unpaired) electrons. The Kier molecular flexibility index (Phi) is 5.15. The number of ether oxygens (including phenoxy) is 1. The van der Waals surface area contributed by atoms with E-state index >= 15 is 0 Å². The van der Waals surface area contributed by atoms with Crippen molar-refractivity contribution in [1.29, 1.82) is 0 Å². The minimum absolute atomic E-state index is 0.256. The summed E-state index contributed by atoms with van der Waals surface area (Å²) in [7, 11) is 1.23. The molecule has 0 aromatic heterocycles. The number of methoxy groups -OCH3 is 1. The summed E-state index contributed by atoms with van der Waals surface area (Å²) in [5.74, 6) is -1.11. The summed E-state index contributed by atoms with van der Waals surface area (Å²) in [4.78, 5) is 39.9. The molecule has 0 aliphatic carbocycles. The van der Waals surface area contributed by atoms with Crippen LogP contribution < -0.4 is 9.80 Å². The number of urea groups is 1. The summed E-state index contributed by atoms with van der Waals surface area (Å²) in [6.07, 6.45) is -0.256. The molecular formula is C18H14Cl2N2O4. The van der Waals surface area contributed by atoms with Crippen molar-refractivity contribution in [3.05, 3.63) is 58.6 Å². The number of hydrogen-bond donors (Lipinski definition) is 0. The van der Waals surface area contributed by atoms with Gasteiger partial charge in [0.25, 0.3) is 5.91 Å². The quantitative estimate of drug-likeness (QED) is 0.584. The van der Waals surface area contributed by atoms with Crippen LogP contribution in [0.5, 0.6) is 0 Å². The Morgan fingerprint density at radius 2 is 1.46 bits per heavy atom. The van der Waals surface area contributed by atoms with Gasteiger partial charge in [0, 0.05) is 15.7 Å². The lowest BCUT2D eigenvalue weighted by Gasteiger charge is -2.21. The zero-order valence-corrected chi connectivity index (χ0v) is 15.2. The van der Waals surface area contributed by atoms with E-state index in [1.165, 1.54) is 12.0 Å². The van der Waals surface area contributed by atoms with E-state index in [2.05, 4.69) is 4.74 Å². The number of imide groups is 1. The first-order valence-electron chi connectivity index (χ1n) is 7.67. The molecular weight excluding hydrogens is 379 g/mol. The Balaban J connectivity index is 2.03. The molecule has 3 amide bonds. The van der Waals surface area contributed by atoms with Crippen LogP contribution in [0.4, 0.5) is 16.2 Å². The van der Waals surface area contributed by atoms with Gasteiger partial charge in [0.15, 0.2) is 0 Å². The number of halogens is 2. The average Bonchev–Trinajstić information content (AvgIpc) is 2.87. The van der Waals surface area contributed by atoms with Crippen molar-refractivity contribution >= 4 is 52.5 Å². The fourth-order valence-electron chi connectivity index (χ4n) is 2.73. The maximum absolute atomic E-state index is 13.0. The topological polar surface area (TPSA) is 66.9 Å². The Labute approximate surface area is 159 Å². The lowest BCUT2D eigenvalue weighted by atomic mass is 10.1. The van der Waals surface area contributed by atoms with Crippen molar-refractivity contribution in [2.45, 2.75) is 12.5 Å². The lowest BCUT2D eigenvalue weighted by Crippen LogP contribution is -2.37. The van der Waals surface area contributed by atoms with Crippen molar-refractivity contribution in [2.75, 3.05) is 16.9 Å². The van der Waals surface area contributed by atoms with Crippen LogP contribution in [0.15, 0.2) is 48.5 Å². The second-order valence-corrected chi connectivity index (χ2v) is 6.45. The second kappa shape index (κ2) is 7.35. The van der Waals surface area contributed by atoms with E-state index in [4.69, 9.17) is 23.2 Å². The number of esters is 1. The van der Waals surface area contributed by atoms with Gasteiger partial charge in [0.05, 0.1) is 19.2 Å². The van der Waals surface area contributed by atoms with Crippen LogP contribution in [0.3, 0.4) is 0 Å². The van der Waals surface area contributed by atoms with E-state index in [0.717, 1.165) is 4.90 Å². The monoisotopic (exact) mass is 392 g/mol. The number of hydrogen-bond acceptors (Lipinski definition) is 4. The number of carbonyl (C=O) groups is 3. The highest BCUT2D eigenvalue weighted by atomic mass is 35.5. The maximum atomic E-state index is 13.0. The van der Waals surface area contributed by atoms with Gasteiger partial charge in [-0.05, 0) is 48.5 Å². The summed E-state index contributed by atoms with van der Waals surface area (Å²) >= 11 is 11.8. The van der Waals surface area contributed by atoms with Gasteiger partial charge in [-0.1, -0.05) is 23.2 Å². The highest BCUT2D eigenvalue weighted by molar-refractivity contribution is 6.32. The first-order chi connectivity index (χ1) is 12.4. The molecule has 2 aromatic carbocycles. The third-order valence-electron chi connectivity index (χ3n) is 3.99. The van der Waals surface area contributed by atoms with Crippen molar-refractivity contribution in [3.63, 3.8) is 0 Å². The van der Waals surface area contributed by atoms with Crippen molar-refractivity contribution in [2.24, 2.45) is 0 Å². The molecule has 0 N–H and O–H groups in total. The zero-order valence-electron chi connectivity index (χ0n) is 13.7. The molecule has 1 saturated heterocycles. The molecule has 8 heteroatoms. The normalized spacial score (nSPS) is 17.0. The molecule has 1 aliphatic heterocycles. The Bertz CT molecular complexity index is 852. The predicted octanol–water partition coefficient (Wildman–Crippen LogP) is 3.90. The number of rotatable bonds is 4. The molecule has 0 spiro atoms. The predicted molar refractivity (Wildman–Crippen MR) is 98.7 cm³/mol. The van der Waals surface area contributed by atoms with E-state index in [1.807, 2.05) is 0 Å². The molecule has 2 aromatic rings. The molecule has 1 unspecified atom stereocenters. The highest BCUT2D eigenvalue weighted by Gasteiger charge is 2.47. The van der Waals surface area contributed by atoms with E-state index in [-0.39, 0.29) is 6.42 Å². The Morgan fingerprint density at radius 3 is 1.96 bits per heavy atom. The SMILES string of the molecule is COC(=O)CC1C(=O)N(c2ccc(Cl)cc2)C(=O)N1c1ccc(Cl)cc1. The van der Waals surface area contributed by atoms with Crippen LogP contribution in [0.1, 0.15) is 6.42 Å². The summed E-state index contributed by atoms with van der Waals surface area (Å²) in [6, 6.07) is 11.2. The van der Waals surface area contributed by atoms with Gasteiger partial charge in [-0.3, -0.25) is 14.5 Å². The first-order valence-corrected chi connectivity index (χ1v) is 8.43. The lowest BCUT2D eigenvalue weighted by molar-refractivity contribution is -0.142. The second-order valence-electron chi connectivity index (χ2n) is 5.58. The molecule has 1 fully saturated rings. The number of amides is 3. The van der Waals surface area contributed by atoms with E-state index < -0.39 is 23.9 Å². The number of carbonyl (C=O) groups excluding carboxylic acids is 3. The third kappa shape index (κ3) is 3.38.